The number of fused-ring (bicyclic) bond motifs is 5. The second-order valence-corrected chi connectivity index (χ2v) is 19.9. The van der Waals surface area contributed by atoms with E-state index in [1.165, 1.54) is 77.7 Å². The van der Waals surface area contributed by atoms with Crippen molar-refractivity contribution in [3.8, 4) is 28.3 Å². The fraction of sp³-hybridized carbons (Fsp3) is 0.333. The molecule has 7 aromatic rings. The number of nitrogens with one attached hydrogen (secondary N) is 1. The van der Waals surface area contributed by atoms with Crippen molar-refractivity contribution in [2.24, 2.45) is 0 Å². The van der Waals surface area contributed by atoms with Crippen LogP contribution >= 0.6 is 0 Å². The maximum Gasteiger partial charge on any atom is 0.129 e. The Kier molecular flexibility index (Phi) is 10.0. The number of aromatic nitrogens is 1. The average Bonchev–Trinajstić information content (AvgIpc) is 3.84. The van der Waals surface area contributed by atoms with Gasteiger partial charge in [0.25, 0.3) is 0 Å². The van der Waals surface area contributed by atoms with Gasteiger partial charge in [0.15, 0.2) is 0 Å². The van der Waals surface area contributed by atoms with E-state index < -0.39 is 0 Å². The van der Waals surface area contributed by atoms with Crippen LogP contribution in [0.15, 0.2) is 121 Å². The molecule has 1 N–H and O–H groups in total. The zero-order chi connectivity index (χ0) is 43.1. The molecule has 1 aromatic heterocycles. The monoisotopic (exact) mass is 805 g/mol. The zero-order valence-electron chi connectivity index (χ0n) is 38.4. The molecule has 0 saturated carbocycles. The van der Waals surface area contributed by atoms with Crippen LogP contribution in [-0.2, 0) is 10.8 Å². The van der Waals surface area contributed by atoms with E-state index in [0.29, 0.717) is 30.3 Å². The minimum atomic E-state index is -0.225. The van der Waals surface area contributed by atoms with E-state index in [4.69, 9.17) is 4.74 Å². The molecule has 2 aliphatic heterocycles. The maximum atomic E-state index is 6.84. The van der Waals surface area contributed by atoms with Gasteiger partial charge in [0.1, 0.15) is 11.5 Å². The van der Waals surface area contributed by atoms with Crippen LogP contribution in [0.3, 0.4) is 0 Å². The fourth-order valence-corrected chi connectivity index (χ4v) is 10.4. The molecule has 312 valence electrons. The summed E-state index contributed by atoms with van der Waals surface area (Å²) in [6, 6.07) is 42.9. The van der Waals surface area contributed by atoms with Crippen LogP contribution in [0.2, 0.25) is 0 Å². The molecule has 2 aliphatic rings. The molecular weight excluding hydrogens is 743 g/mol. The van der Waals surface area contributed by atoms with Crippen LogP contribution in [0.1, 0.15) is 146 Å². The van der Waals surface area contributed by atoms with Crippen molar-refractivity contribution in [3.05, 3.63) is 160 Å². The zero-order valence-corrected chi connectivity index (χ0v) is 38.4. The van der Waals surface area contributed by atoms with Crippen LogP contribution in [-0.4, -0.2) is 11.2 Å². The second kappa shape index (κ2) is 15.0. The first-order valence-corrected chi connectivity index (χ1v) is 22.6. The summed E-state index contributed by atoms with van der Waals surface area (Å²) < 4.78 is 9.40. The second-order valence-electron chi connectivity index (χ2n) is 19.9. The lowest BCUT2D eigenvalue weighted by Gasteiger charge is -2.43. The molecule has 61 heavy (non-hydrogen) atoms. The van der Waals surface area contributed by atoms with E-state index in [1.54, 1.807) is 0 Å². The number of benzene rings is 6. The Morgan fingerprint density at radius 2 is 1.13 bits per heavy atom. The van der Waals surface area contributed by atoms with Gasteiger partial charge in [-0.2, -0.15) is 0 Å². The summed E-state index contributed by atoms with van der Waals surface area (Å²) in [5.41, 5.74) is 18.0. The van der Waals surface area contributed by atoms with Crippen molar-refractivity contribution in [1.82, 2.24) is 9.88 Å². The van der Waals surface area contributed by atoms with Gasteiger partial charge in [0.05, 0.1) is 29.1 Å². The van der Waals surface area contributed by atoms with Gasteiger partial charge in [-0.15, -0.1) is 0 Å². The molecular formula is C57H63N3O. The van der Waals surface area contributed by atoms with E-state index in [-0.39, 0.29) is 10.8 Å². The quantitative estimate of drug-likeness (QED) is 0.158. The molecule has 0 radical (unpaired) electrons. The van der Waals surface area contributed by atoms with Gasteiger partial charge in [-0.1, -0.05) is 156 Å². The normalized spacial score (nSPS) is 15.5. The highest BCUT2D eigenvalue weighted by atomic mass is 16.5. The third-order valence-corrected chi connectivity index (χ3v) is 14.3. The SMILES string of the molecule is CC(C)c1cccc(C(C)C)c1C1=CN(c2cccc(Oc3ccc4c5cccc6c5n(c4c3)-c3cccc(-c4c(C(C)C)cccc4C(C)C)c3C(C)(C)C6(C)C)c2)CN1. The predicted octanol–water partition coefficient (Wildman–Crippen LogP) is 15.7. The molecule has 0 unspecified atom stereocenters. The molecule has 0 atom stereocenters. The molecule has 6 aromatic carbocycles. The van der Waals surface area contributed by atoms with E-state index in [1.807, 2.05) is 0 Å². The van der Waals surface area contributed by atoms with Gasteiger partial charge < -0.3 is 19.5 Å². The number of ether oxygens (including phenoxy) is 1. The minimum absolute atomic E-state index is 0.198. The van der Waals surface area contributed by atoms with Gasteiger partial charge in [-0.3, -0.25) is 0 Å². The average molecular weight is 806 g/mol. The van der Waals surface area contributed by atoms with Crippen molar-refractivity contribution >= 4 is 33.2 Å². The standard InChI is InChI=1S/C57H63N3O/c1-34(2)41-20-14-21-42(35(3)4)52(41)47-25-17-27-50-54(47)57(11,12)56(9,10)48-26-16-24-46-45-29-28-40(31-51(45)60(50)55(46)48)61-39-19-13-18-38(30-39)59-32-49(58-33-59)53-43(36(5)6)22-15-23-44(53)37(7)8/h13-32,34-37,58H,33H2,1-12H3. The largest absolute Gasteiger partial charge is 0.457 e. The van der Waals surface area contributed by atoms with E-state index in [2.05, 4.69) is 219 Å². The van der Waals surface area contributed by atoms with E-state index in [9.17, 15) is 0 Å². The Labute approximate surface area is 364 Å². The first-order valence-electron chi connectivity index (χ1n) is 22.6. The molecule has 4 nitrogen and oxygen atoms in total. The summed E-state index contributed by atoms with van der Waals surface area (Å²) in [4.78, 5) is 2.29. The minimum Gasteiger partial charge on any atom is -0.457 e. The summed E-state index contributed by atoms with van der Waals surface area (Å²) in [6.45, 7) is 29.0. The predicted molar refractivity (Wildman–Crippen MR) is 260 cm³/mol. The van der Waals surface area contributed by atoms with Gasteiger partial charge in [0, 0.05) is 51.2 Å². The molecule has 0 bridgehead atoms. The Hall–Kier alpha value is -5.74. The van der Waals surface area contributed by atoms with Crippen LogP contribution in [0.25, 0.3) is 44.3 Å². The van der Waals surface area contributed by atoms with Gasteiger partial charge >= 0.3 is 0 Å². The summed E-state index contributed by atoms with van der Waals surface area (Å²) >= 11 is 0. The first kappa shape index (κ1) is 40.7. The maximum absolute atomic E-state index is 6.84. The summed E-state index contributed by atoms with van der Waals surface area (Å²) in [6.07, 6.45) is 2.27. The van der Waals surface area contributed by atoms with Crippen LogP contribution < -0.4 is 15.0 Å². The molecule has 0 amide bonds. The lowest BCUT2D eigenvalue weighted by molar-refractivity contribution is 0.308. The lowest BCUT2D eigenvalue weighted by atomic mass is 9.59. The molecule has 9 rings (SSSR count). The first-order chi connectivity index (χ1) is 29.1. The van der Waals surface area contributed by atoms with E-state index in [0.717, 1.165) is 22.7 Å². The number of rotatable bonds is 9. The van der Waals surface area contributed by atoms with Crippen molar-refractivity contribution in [1.29, 1.82) is 0 Å². The summed E-state index contributed by atoms with van der Waals surface area (Å²) in [5, 5.41) is 6.25. The van der Waals surface area contributed by atoms with E-state index >= 15 is 0 Å². The Morgan fingerprint density at radius 1 is 0.557 bits per heavy atom. The fourth-order valence-electron chi connectivity index (χ4n) is 10.4. The molecule has 0 fully saturated rings. The number of para-hydroxylation sites is 1. The van der Waals surface area contributed by atoms with Crippen molar-refractivity contribution in [3.63, 3.8) is 0 Å². The molecule has 0 spiro atoms. The smallest absolute Gasteiger partial charge is 0.129 e. The molecule has 3 heterocycles. The van der Waals surface area contributed by atoms with Crippen molar-refractivity contribution in [2.75, 3.05) is 11.6 Å². The van der Waals surface area contributed by atoms with Gasteiger partial charge in [0.2, 0.25) is 0 Å². The third-order valence-electron chi connectivity index (χ3n) is 14.3. The molecule has 4 heteroatoms. The summed E-state index contributed by atoms with van der Waals surface area (Å²) in [7, 11) is 0. The number of hydrogen-bond donors (Lipinski definition) is 1. The third kappa shape index (κ3) is 6.48. The highest BCUT2D eigenvalue weighted by Gasteiger charge is 2.46. The van der Waals surface area contributed by atoms with Crippen LogP contribution in [0, 0.1) is 0 Å². The summed E-state index contributed by atoms with van der Waals surface area (Å²) in [5.74, 6) is 3.27. The highest BCUT2D eigenvalue weighted by molar-refractivity contribution is 6.11. The topological polar surface area (TPSA) is 29.4 Å². The van der Waals surface area contributed by atoms with Crippen molar-refractivity contribution < 1.29 is 4.74 Å². The number of hydrogen-bond acceptors (Lipinski definition) is 3. The van der Waals surface area contributed by atoms with Crippen LogP contribution in [0.4, 0.5) is 5.69 Å². The lowest BCUT2D eigenvalue weighted by Crippen LogP contribution is -2.40. The number of anilines is 1. The number of nitrogens with zero attached hydrogens (tertiary/aromatic N) is 2. The van der Waals surface area contributed by atoms with Gasteiger partial charge in [-0.05, 0) is 98.5 Å². The highest BCUT2D eigenvalue weighted by Crippen LogP contribution is 2.56. The van der Waals surface area contributed by atoms with Gasteiger partial charge in [-0.25, -0.2) is 0 Å². The van der Waals surface area contributed by atoms with Crippen molar-refractivity contribution in [2.45, 2.75) is 118 Å². The van der Waals surface area contributed by atoms with Crippen LogP contribution in [0.5, 0.6) is 11.5 Å². The molecule has 0 aliphatic carbocycles. The Morgan fingerprint density at radius 3 is 1.77 bits per heavy atom. The molecule has 0 saturated heterocycles. The Balaban J connectivity index is 1.18. The Bertz CT molecular complexity index is 2810.